The summed E-state index contributed by atoms with van der Waals surface area (Å²) in [5.41, 5.74) is 1.25. The SMILES string of the molecule is O=C(O)N1CCc2ccc(OC(F)F)cc21. The number of carboxylic acid groups (broad SMARTS) is 1. The molecule has 1 aliphatic rings. The van der Waals surface area contributed by atoms with Crippen molar-refractivity contribution >= 4 is 11.8 Å². The molecule has 2 rings (SSSR count). The van der Waals surface area contributed by atoms with E-state index in [1.54, 1.807) is 6.07 Å². The maximum absolute atomic E-state index is 12.0. The Labute approximate surface area is 90.0 Å². The van der Waals surface area contributed by atoms with Crippen molar-refractivity contribution in [2.75, 3.05) is 11.4 Å². The van der Waals surface area contributed by atoms with Crippen molar-refractivity contribution in [1.82, 2.24) is 0 Å². The zero-order valence-electron chi connectivity index (χ0n) is 8.19. The van der Waals surface area contributed by atoms with Gasteiger partial charge in [-0.25, -0.2) is 4.79 Å². The molecule has 16 heavy (non-hydrogen) atoms. The third-order valence-electron chi connectivity index (χ3n) is 2.41. The fraction of sp³-hybridized carbons (Fsp3) is 0.300. The maximum Gasteiger partial charge on any atom is 0.411 e. The minimum absolute atomic E-state index is 0.0260. The van der Waals surface area contributed by atoms with E-state index in [9.17, 15) is 13.6 Å². The van der Waals surface area contributed by atoms with E-state index in [4.69, 9.17) is 5.11 Å². The Hall–Kier alpha value is -1.85. The van der Waals surface area contributed by atoms with Crippen LogP contribution in [0, 0.1) is 0 Å². The van der Waals surface area contributed by atoms with E-state index in [2.05, 4.69) is 4.74 Å². The van der Waals surface area contributed by atoms with Crippen molar-refractivity contribution in [2.45, 2.75) is 13.0 Å². The predicted octanol–water partition coefficient (Wildman–Crippen LogP) is 2.33. The third-order valence-corrected chi connectivity index (χ3v) is 2.41. The number of carbonyl (C=O) groups is 1. The van der Waals surface area contributed by atoms with Gasteiger partial charge in [0, 0.05) is 12.6 Å². The quantitative estimate of drug-likeness (QED) is 0.846. The van der Waals surface area contributed by atoms with Gasteiger partial charge >= 0.3 is 12.7 Å². The van der Waals surface area contributed by atoms with Crippen molar-refractivity contribution in [3.05, 3.63) is 23.8 Å². The molecule has 1 N–H and O–H groups in total. The van der Waals surface area contributed by atoms with Crippen LogP contribution in [0.3, 0.4) is 0 Å². The standard InChI is InChI=1S/C10H9F2NO3/c11-9(12)16-7-2-1-6-3-4-13(10(14)15)8(6)5-7/h1-2,5,9H,3-4H2,(H,14,15). The highest BCUT2D eigenvalue weighted by Crippen LogP contribution is 2.32. The molecule has 0 spiro atoms. The van der Waals surface area contributed by atoms with Crippen molar-refractivity contribution in [3.63, 3.8) is 0 Å². The summed E-state index contributed by atoms with van der Waals surface area (Å²) in [6.07, 6.45) is -0.496. The molecule has 6 heteroatoms. The number of halogens is 2. The molecule has 0 radical (unpaired) electrons. The van der Waals surface area contributed by atoms with Crippen LogP contribution in [0.25, 0.3) is 0 Å². The van der Waals surface area contributed by atoms with Crippen LogP contribution in [0.2, 0.25) is 0 Å². The van der Waals surface area contributed by atoms with Crippen LogP contribution in [-0.4, -0.2) is 24.4 Å². The van der Waals surface area contributed by atoms with Crippen LogP contribution in [0.5, 0.6) is 5.75 Å². The molecule has 0 aromatic heterocycles. The highest BCUT2D eigenvalue weighted by atomic mass is 19.3. The summed E-state index contributed by atoms with van der Waals surface area (Å²) in [7, 11) is 0. The zero-order valence-corrected chi connectivity index (χ0v) is 8.19. The van der Waals surface area contributed by atoms with Gasteiger partial charge in [-0.15, -0.1) is 0 Å². The summed E-state index contributed by atoms with van der Waals surface area (Å²) in [5, 5.41) is 8.87. The molecule has 1 amide bonds. The number of hydrogen-bond donors (Lipinski definition) is 1. The molecule has 1 aromatic rings. The summed E-state index contributed by atoms with van der Waals surface area (Å²) in [4.78, 5) is 12.0. The van der Waals surface area contributed by atoms with Gasteiger partial charge in [0.25, 0.3) is 0 Å². The number of amides is 1. The summed E-state index contributed by atoms with van der Waals surface area (Å²) in [6, 6.07) is 4.34. The number of hydrogen-bond acceptors (Lipinski definition) is 2. The first-order valence-electron chi connectivity index (χ1n) is 4.66. The van der Waals surface area contributed by atoms with Crippen LogP contribution in [0.4, 0.5) is 19.3 Å². The van der Waals surface area contributed by atoms with Gasteiger partial charge < -0.3 is 9.84 Å². The van der Waals surface area contributed by atoms with Gasteiger partial charge in [0.05, 0.1) is 5.69 Å². The van der Waals surface area contributed by atoms with E-state index in [0.717, 1.165) is 10.5 Å². The molecule has 0 saturated carbocycles. The van der Waals surface area contributed by atoms with Crippen molar-refractivity contribution in [2.24, 2.45) is 0 Å². The second kappa shape index (κ2) is 3.96. The van der Waals surface area contributed by atoms with Gasteiger partial charge in [0.2, 0.25) is 0 Å². The maximum atomic E-state index is 12.0. The highest BCUT2D eigenvalue weighted by Gasteiger charge is 2.24. The van der Waals surface area contributed by atoms with Gasteiger partial charge in [0.1, 0.15) is 5.75 Å². The molecule has 0 fully saturated rings. The number of alkyl halides is 2. The van der Waals surface area contributed by atoms with Gasteiger partial charge in [0.15, 0.2) is 0 Å². The van der Waals surface area contributed by atoms with Crippen molar-refractivity contribution < 1.29 is 23.4 Å². The Morgan fingerprint density at radius 3 is 2.88 bits per heavy atom. The van der Waals surface area contributed by atoms with Crippen molar-refractivity contribution in [1.29, 1.82) is 0 Å². The molecule has 0 bridgehead atoms. The largest absolute Gasteiger partial charge is 0.465 e. The second-order valence-electron chi connectivity index (χ2n) is 3.35. The summed E-state index contributed by atoms with van der Waals surface area (Å²) in [6.45, 7) is -2.55. The molecular weight excluding hydrogens is 220 g/mol. The fourth-order valence-electron chi connectivity index (χ4n) is 1.73. The van der Waals surface area contributed by atoms with E-state index in [-0.39, 0.29) is 5.75 Å². The van der Waals surface area contributed by atoms with Crippen LogP contribution < -0.4 is 9.64 Å². The highest BCUT2D eigenvalue weighted by molar-refractivity contribution is 5.89. The Morgan fingerprint density at radius 2 is 2.25 bits per heavy atom. The third kappa shape index (κ3) is 1.91. The van der Waals surface area contributed by atoms with Gasteiger partial charge in [-0.3, -0.25) is 4.90 Å². The van der Waals surface area contributed by atoms with Gasteiger partial charge in [-0.1, -0.05) is 6.07 Å². The average molecular weight is 229 g/mol. The lowest BCUT2D eigenvalue weighted by Crippen LogP contribution is -2.26. The number of benzene rings is 1. The molecule has 0 aliphatic carbocycles. The number of rotatable bonds is 2. The van der Waals surface area contributed by atoms with E-state index in [1.807, 2.05) is 0 Å². The van der Waals surface area contributed by atoms with Gasteiger partial charge in [-0.05, 0) is 18.1 Å². The minimum Gasteiger partial charge on any atom is -0.465 e. The van der Waals surface area contributed by atoms with E-state index >= 15 is 0 Å². The van der Waals surface area contributed by atoms with E-state index in [0.29, 0.717) is 18.7 Å². The van der Waals surface area contributed by atoms with E-state index in [1.165, 1.54) is 12.1 Å². The lowest BCUT2D eigenvalue weighted by molar-refractivity contribution is -0.0498. The second-order valence-corrected chi connectivity index (χ2v) is 3.35. The van der Waals surface area contributed by atoms with Crippen LogP contribution in [0.1, 0.15) is 5.56 Å². The summed E-state index contributed by atoms with van der Waals surface area (Å²) >= 11 is 0. The molecule has 1 aliphatic heterocycles. The Bertz CT molecular complexity index is 423. The number of fused-ring (bicyclic) bond motifs is 1. The molecule has 0 atom stereocenters. The minimum atomic E-state index is -2.90. The predicted molar refractivity (Wildman–Crippen MR) is 52.1 cm³/mol. The lowest BCUT2D eigenvalue weighted by Gasteiger charge is -2.13. The monoisotopic (exact) mass is 229 g/mol. The summed E-state index contributed by atoms with van der Waals surface area (Å²) in [5.74, 6) is -0.0260. The molecule has 0 saturated heterocycles. The summed E-state index contributed by atoms with van der Waals surface area (Å²) < 4.78 is 28.2. The average Bonchev–Trinajstić information content (AvgIpc) is 2.59. The van der Waals surface area contributed by atoms with Crippen LogP contribution in [0.15, 0.2) is 18.2 Å². The first-order valence-corrected chi connectivity index (χ1v) is 4.66. The van der Waals surface area contributed by atoms with Crippen LogP contribution >= 0.6 is 0 Å². The molecule has 0 unspecified atom stereocenters. The molecule has 4 nitrogen and oxygen atoms in total. The van der Waals surface area contributed by atoms with Crippen LogP contribution in [-0.2, 0) is 6.42 Å². The molecule has 1 heterocycles. The molecule has 1 aromatic carbocycles. The topological polar surface area (TPSA) is 49.8 Å². The number of anilines is 1. The normalized spacial score (nSPS) is 14.1. The number of nitrogens with zero attached hydrogens (tertiary/aromatic N) is 1. The smallest absolute Gasteiger partial charge is 0.411 e. The van der Waals surface area contributed by atoms with Crippen molar-refractivity contribution in [3.8, 4) is 5.75 Å². The molecule has 86 valence electrons. The Balaban J connectivity index is 2.30. The number of ether oxygens (including phenoxy) is 1. The fourth-order valence-corrected chi connectivity index (χ4v) is 1.73. The first-order chi connectivity index (χ1) is 7.58. The Kier molecular flexibility index (Phi) is 2.64. The Morgan fingerprint density at radius 1 is 1.50 bits per heavy atom. The van der Waals surface area contributed by atoms with Gasteiger partial charge in [-0.2, -0.15) is 8.78 Å². The van der Waals surface area contributed by atoms with E-state index < -0.39 is 12.7 Å². The zero-order chi connectivity index (χ0) is 11.7. The lowest BCUT2D eigenvalue weighted by atomic mass is 10.1. The first kappa shape index (κ1) is 10.7. The molecular formula is C10H9F2NO3.